The Bertz CT molecular complexity index is 501. The highest BCUT2D eigenvalue weighted by Gasteiger charge is 2.37. The van der Waals surface area contributed by atoms with E-state index >= 15 is 0 Å². The number of amides is 2. The summed E-state index contributed by atoms with van der Waals surface area (Å²) in [6.07, 6.45) is 1.33. The molecule has 2 amide bonds. The maximum absolute atomic E-state index is 12.9. The Labute approximate surface area is 118 Å². The molecule has 5 heteroatoms. The van der Waals surface area contributed by atoms with Gasteiger partial charge in [0, 0.05) is 18.3 Å². The van der Waals surface area contributed by atoms with Crippen LogP contribution >= 0.6 is 0 Å². The van der Waals surface area contributed by atoms with Crippen molar-refractivity contribution in [1.29, 1.82) is 0 Å². The van der Waals surface area contributed by atoms with Crippen LogP contribution < -0.4 is 10.2 Å². The molecule has 1 aliphatic heterocycles. The van der Waals surface area contributed by atoms with Crippen LogP contribution in [0.25, 0.3) is 0 Å². The largest absolute Gasteiger partial charge is 0.353 e. The fourth-order valence-electron chi connectivity index (χ4n) is 2.25. The molecular formula is C15H19FN2O2. The fraction of sp³-hybridized carbons (Fsp3) is 0.467. The van der Waals surface area contributed by atoms with Gasteiger partial charge >= 0.3 is 0 Å². The van der Waals surface area contributed by atoms with Gasteiger partial charge in [0.05, 0.1) is 0 Å². The summed E-state index contributed by atoms with van der Waals surface area (Å²) in [5.41, 5.74) is 0.634. The first kappa shape index (κ1) is 14.5. The molecule has 4 nitrogen and oxygen atoms in total. The Hall–Kier alpha value is -1.91. The molecule has 0 saturated carbocycles. The zero-order chi connectivity index (χ0) is 14.7. The quantitative estimate of drug-likeness (QED) is 0.857. The average Bonchev–Trinajstić information content (AvgIpc) is 2.81. The molecule has 2 atom stereocenters. The molecule has 1 aromatic carbocycles. The second-order valence-corrected chi connectivity index (χ2v) is 5.13. The third-order valence-corrected chi connectivity index (χ3v) is 3.66. The smallest absolute Gasteiger partial charge is 0.239 e. The molecule has 1 heterocycles. The molecule has 1 fully saturated rings. The SMILES string of the molecule is CC[C@H](C)NC(=O)[C@@H]1CCN(c2ccc(F)cc2)C1=O. The Kier molecular flexibility index (Phi) is 4.37. The lowest BCUT2D eigenvalue weighted by atomic mass is 10.1. The molecule has 20 heavy (non-hydrogen) atoms. The second-order valence-electron chi connectivity index (χ2n) is 5.13. The van der Waals surface area contributed by atoms with Crippen LogP contribution in [0.4, 0.5) is 10.1 Å². The van der Waals surface area contributed by atoms with Gasteiger partial charge in [-0.1, -0.05) is 6.92 Å². The third kappa shape index (κ3) is 2.98. The van der Waals surface area contributed by atoms with E-state index in [0.29, 0.717) is 18.7 Å². The molecule has 1 aliphatic rings. The van der Waals surface area contributed by atoms with Crippen molar-refractivity contribution in [3.63, 3.8) is 0 Å². The van der Waals surface area contributed by atoms with Gasteiger partial charge in [0.1, 0.15) is 11.7 Å². The van der Waals surface area contributed by atoms with E-state index in [1.807, 2.05) is 13.8 Å². The molecule has 0 unspecified atom stereocenters. The van der Waals surface area contributed by atoms with Gasteiger partial charge in [-0.3, -0.25) is 9.59 Å². The molecular weight excluding hydrogens is 259 g/mol. The number of benzene rings is 1. The topological polar surface area (TPSA) is 49.4 Å². The van der Waals surface area contributed by atoms with Crippen molar-refractivity contribution < 1.29 is 14.0 Å². The van der Waals surface area contributed by atoms with E-state index in [2.05, 4.69) is 5.32 Å². The summed E-state index contributed by atoms with van der Waals surface area (Å²) >= 11 is 0. The monoisotopic (exact) mass is 278 g/mol. The molecule has 1 N–H and O–H groups in total. The predicted molar refractivity (Wildman–Crippen MR) is 74.8 cm³/mol. The maximum atomic E-state index is 12.9. The molecule has 0 aromatic heterocycles. The number of anilines is 1. The number of nitrogens with one attached hydrogen (secondary N) is 1. The van der Waals surface area contributed by atoms with Crippen molar-refractivity contribution in [3.05, 3.63) is 30.1 Å². The molecule has 0 bridgehead atoms. The molecule has 1 aromatic rings. The number of hydrogen-bond donors (Lipinski definition) is 1. The van der Waals surface area contributed by atoms with Crippen LogP contribution in [0.5, 0.6) is 0 Å². The number of carbonyl (C=O) groups excluding carboxylic acids is 2. The normalized spacial score (nSPS) is 20.1. The van der Waals surface area contributed by atoms with Gasteiger partial charge in [-0.15, -0.1) is 0 Å². The zero-order valence-electron chi connectivity index (χ0n) is 11.7. The molecule has 0 spiro atoms. The summed E-state index contributed by atoms with van der Waals surface area (Å²) in [6, 6.07) is 5.81. The van der Waals surface area contributed by atoms with Gasteiger partial charge in [0.2, 0.25) is 11.8 Å². The van der Waals surface area contributed by atoms with E-state index in [1.54, 1.807) is 17.0 Å². The van der Waals surface area contributed by atoms with Crippen LogP contribution in [0.2, 0.25) is 0 Å². The zero-order valence-corrected chi connectivity index (χ0v) is 11.7. The van der Waals surface area contributed by atoms with Gasteiger partial charge < -0.3 is 10.2 Å². The van der Waals surface area contributed by atoms with Crippen LogP contribution in [0.15, 0.2) is 24.3 Å². The number of hydrogen-bond acceptors (Lipinski definition) is 2. The summed E-state index contributed by atoms with van der Waals surface area (Å²) in [5.74, 6) is -1.40. The number of nitrogens with zero attached hydrogens (tertiary/aromatic N) is 1. The molecule has 2 rings (SSSR count). The van der Waals surface area contributed by atoms with Crippen LogP contribution in [0, 0.1) is 11.7 Å². The lowest BCUT2D eigenvalue weighted by Crippen LogP contribution is -2.40. The van der Waals surface area contributed by atoms with Crippen molar-refractivity contribution in [2.75, 3.05) is 11.4 Å². The molecule has 108 valence electrons. The van der Waals surface area contributed by atoms with Crippen LogP contribution in [0.1, 0.15) is 26.7 Å². The summed E-state index contributed by atoms with van der Waals surface area (Å²) in [5, 5.41) is 2.84. The number of carbonyl (C=O) groups is 2. The van der Waals surface area contributed by atoms with Crippen LogP contribution in [-0.4, -0.2) is 24.4 Å². The predicted octanol–water partition coefficient (Wildman–Crippen LogP) is 2.09. The highest BCUT2D eigenvalue weighted by molar-refractivity contribution is 6.09. The number of halogens is 1. The first-order valence-corrected chi connectivity index (χ1v) is 6.90. The molecule has 1 saturated heterocycles. The first-order valence-electron chi connectivity index (χ1n) is 6.90. The van der Waals surface area contributed by atoms with Crippen LogP contribution in [0.3, 0.4) is 0 Å². The van der Waals surface area contributed by atoms with Gasteiger partial charge in [-0.05, 0) is 44.0 Å². The van der Waals surface area contributed by atoms with Gasteiger partial charge in [0.25, 0.3) is 0 Å². The van der Waals surface area contributed by atoms with Crippen molar-refractivity contribution in [2.45, 2.75) is 32.7 Å². The second kappa shape index (κ2) is 6.03. The Morgan fingerprint density at radius 3 is 2.70 bits per heavy atom. The van der Waals surface area contributed by atoms with Crippen molar-refractivity contribution in [1.82, 2.24) is 5.32 Å². The van der Waals surface area contributed by atoms with Gasteiger partial charge in [-0.2, -0.15) is 0 Å². The summed E-state index contributed by atoms with van der Waals surface area (Å²) in [6.45, 7) is 4.38. The average molecular weight is 278 g/mol. The minimum Gasteiger partial charge on any atom is -0.353 e. The van der Waals surface area contributed by atoms with Gasteiger partial charge in [-0.25, -0.2) is 4.39 Å². The molecule has 0 radical (unpaired) electrons. The fourth-order valence-corrected chi connectivity index (χ4v) is 2.25. The minimum absolute atomic E-state index is 0.0650. The van der Waals surface area contributed by atoms with E-state index < -0.39 is 5.92 Å². The highest BCUT2D eigenvalue weighted by atomic mass is 19.1. The summed E-state index contributed by atoms with van der Waals surface area (Å²) < 4.78 is 12.9. The maximum Gasteiger partial charge on any atom is 0.239 e. The standard InChI is InChI=1S/C15H19FN2O2/c1-3-10(2)17-14(19)13-8-9-18(15(13)20)12-6-4-11(16)5-7-12/h4-7,10,13H,3,8-9H2,1-2H3,(H,17,19)/t10-,13-/m0/s1. The van der Waals surface area contributed by atoms with E-state index in [0.717, 1.165) is 6.42 Å². The van der Waals surface area contributed by atoms with Crippen LogP contribution in [-0.2, 0) is 9.59 Å². The molecule has 0 aliphatic carbocycles. The number of rotatable bonds is 4. The Morgan fingerprint density at radius 2 is 2.10 bits per heavy atom. The third-order valence-electron chi connectivity index (χ3n) is 3.66. The van der Waals surface area contributed by atoms with E-state index in [9.17, 15) is 14.0 Å². The first-order chi connectivity index (χ1) is 9.52. The van der Waals surface area contributed by atoms with Crippen molar-refractivity contribution in [2.24, 2.45) is 5.92 Å². The van der Waals surface area contributed by atoms with E-state index in [4.69, 9.17) is 0 Å². The summed E-state index contributed by atoms with van der Waals surface area (Å²) in [4.78, 5) is 25.9. The van der Waals surface area contributed by atoms with Crippen molar-refractivity contribution >= 4 is 17.5 Å². The van der Waals surface area contributed by atoms with E-state index in [1.165, 1.54) is 12.1 Å². The lowest BCUT2D eigenvalue weighted by Gasteiger charge is -2.18. The highest BCUT2D eigenvalue weighted by Crippen LogP contribution is 2.25. The summed E-state index contributed by atoms with van der Waals surface area (Å²) in [7, 11) is 0. The Morgan fingerprint density at radius 1 is 1.45 bits per heavy atom. The van der Waals surface area contributed by atoms with Crippen molar-refractivity contribution in [3.8, 4) is 0 Å². The van der Waals surface area contributed by atoms with E-state index in [-0.39, 0.29) is 23.7 Å². The lowest BCUT2D eigenvalue weighted by molar-refractivity contribution is -0.132. The van der Waals surface area contributed by atoms with Gasteiger partial charge in [0.15, 0.2) is 0 Å². The minimum atomic E-state index is -0.631. The Balaban J connectivity index is 2.05.